The molecule has 0 aromatic heterocycles. The quantitative estimate of drug-likeness (QED) is 0.562. The van der Waals surface area contributed by atoms with Crippen LogP contribution in [0.2, 0.25) is 0 Å². The molecule has 1 N–H and O–H groups in total. The van der Waals surface area contributed by atoms with Crippen LogP contribution in [0, 0.1) is 0 Å². The molecule has 3 heteroatoms. The van der Waals surface area contributed by atoms with Gasteiger partial charge in [-0.3, -0.25) is 0 Å². The second-order valence-electron chi connectivity index (χ2n) is 1.48. The lowest BCUT2D eigenvalue weighted by Crippen LogP contribution is -2.05. The normalized spacial score (nSPS) is 15.0. The molecule has 0 aromatic rings. The van der Waals surface area contributed by atoms with Gasteiger partial charge in [-0.15, -0.1) is 0 Å². The predicted molar refractivity (Wildman–Crippen MR) is 22.3 cm³/mol. The highest BCUT2D eigenvalue weighted by atomic mass is 19.3. The third-order valence-corrected chi connectivity index (χ3v) is 0.519. The van der Waals surface area contributed by atoms with Crippen LogP contribution in [0.4, 0.5) is 8.78 Å². The lowest BCUT2D eigenvalue weighted by atomic mass is 10.3. The zero-order valence-electron chi connectivity index (χ0n) is 4.06. The Kier molecular flexibility index (Phi) is 2.83. The third kappa shape index (κ3) is 5.82. The van der Waals surface area contributed by atoms with Gasteiger partial charge in [-0.05, 0) is 6.92 Å². The van der Waals surface area contributed by atoms with Crippen LogP contribution in [0.15, 0.2) is 0 Å². The SMILES string of the molecule is CC(O)CC(F)F. The predicted octanol–water partition coefficient (Wildman–Crippen LogP) is 1.02. The summed E-state index contributed by atoms with van der Waals surface area (Å²) in [5, 5.41) is 8.24. The molecule has 7 heavy (non-hydrogen) atoms. The number of halogens is 2. The van der Waals surface area contributed by atoms with Crippen LogP contribution in [-0.2, 0) is 0 Å². The van der Waals surface area contributed by atoms with E-state index in [0.717, 1.165) is 0 Å². The van der Waals surface area contributed by atoms with E-state index < -0.39 is 19.0 Å². The van der Waals surface area contributed by atoms with Crippen molar-refractivity contribution in [3.63, 3.8) is 0 Å². The summed E-state index contributed by atoms with van der Waals surface area (Å²) < 4.78 is 22.3. The molecule has 0 saturated heterocycles. The fourth-order valence-corrected chi connectivity index (χ4v) is 0.258. The number of hydrogen-bond acceptors (Lipinski definition) is 1. The molecule has 44 valence electrons. The van der Waals surface area contributed by atoms with E-state index in [1.54, 1.807) is 0 Å². The highest BCUT2D eigenvalue weighted by Gasteiger charge is 2.05. The molecular weight excluding hydrogens is 102 g/mol. The minimum absolute atomic E-state index is 0.417. The van der Waals surface area contributed by atoms with Crippen LogP contribution in [0.1, 0.15) is 13.3 Å². The van der Waals surface area contributed by atoms with Gasteiger partial charge in [-0.1, -0.05) is 0 Å². The second kappa shape index (κ2) is 2.91. The minimum atomic E-state index is -2.38. The molecule has 0 spiro atoms. The molecule has 0 aliphatic rings. The van der Waals surface area contributed by atoms with Gasteiger partial charge < -0.3 is 5.11 Å². The molecule has 0 aliphatic carbocycles. The van der Waals surface area contributed by atoms with E-state index in [2.05, 4.69) is 0 Å². The van der Waals surface area contributed by atoms with Gasteiger partial charge in [-0.25, -0.2) is 8.78 Å². The van der Waals surface area contributed by atoms with Crippen LogP contribution in [0.5, 0.6) is 0 Å². The number of alkyl halides is 2. The molecule has 0 aliphatic heterocycles. The third-order valence-electron chi connectivity index (χ3n) is 0.519. The highest BCUT2D eigenvalue weighted by Crippen LogP contribution is 2.01. The molecular formula is C4H8F2O. The van der Waals surface area contributed by atoms with Gasteiger partial charge in [0.15, 0.2) is 0 Å². The van der Waals surface area contributed by atoms with Gasteiger partial charge >= 0.3 is 0 Å². The first-order valence-electron chi connectivity index (χ1n) is 2.09. The zero-order chi connectivity index (χ0) is 5.86. The fraction of sp³-hybridized carbons (Fsp3) is 1.00. The second-order valence-corrected chi connectivity index (χ2v) is 1.48. The molecule has 0 fully saturated rings. The molecule has 0 saturated carbocycles. The summed E-state index contributed by atoms with van der Waals surface area (Å²) in [6, 6.07) is 0. The minimum Gasteiger partial charge on any atom is -0.393 e. The monoisotopic (exact) mass is 110 g/mol. The van der Waals surface area contributed by atoms with Crippen LogP contribution in [0.25, 0.3) is 0 Å². The zero-order valence-corrected chi connectivity index (χ0v) is 4.06. The van der Waals surface area contributed by atoms with Crippen LogP contribution >= 0.6 is 0 Å². The van der Waals surface area contributed by atoms with Crippen molar-refractivity contribution in [1.82, 2.24) is 0 Å². The van der Waals surface area contributed by atoms with Crippen LogP contribution < -0.4 is 0 Å². The lowest BCUT2D eigenvalue weighted by molar-refractivity contribution is 0.0704. The molecule has 0 heterocycles. The molecule has 0 radical (unpaired) electrons. The summed E-state index contributed by atoms with van der Waals surface area (Å²) in [7, 11) is 0. The summed E-state index contributed by atoms with van der Waals surface area (Å²) >= 11 is 0. The number of rotatable bonds is 2. The lowest BCUT2D eigenvalue weighted by Gasteiger charge is -1.98. The molecule has 1 nitrogen and oxygen atoms in total. The first-order chi connectivity index (χ1) is 3.13. The Balaban J connectivity index is 2.95. The van der Waals surface area contributed by atoms with Gasteiger partial charge in [0.25, 0.3) is 0 Å². The van der Waals surface area contributed by atoms with Gasteiger partial charge in [0.05, 0.1) is 6.10 Å². The molecule has 0 bridgehead atoms. The Morgan fingerprint density at radius 1 is 1.57 bits per heavy atom. The van der Waals surface area contributed by atoms with E-state index in [0.29, 0.717) is 0 Å². The van der Waals surface area contributed by atoms with E-state index >= 15 is 0 Å². The van der Waals surface area contributed by atoms with E-state index in [4.69, 9.17) is 5.11 Å². The maximum Gasteiger partial charge on any atom is 0.241 e. The van der Waals surface area contributed by atoms with E-state index in [1.165, 1.54) is 6.92 Å². The Bertz CT molecular complexity index is 39.0. The molecule has 0 amide bonds. The average molecular weight is 110 g/mol. The summed E-state index contributed by atoms with van der Waals surface area (Å²) in [5.41, 5.74) is 0. The van der Waals surface area contributed by atoms with Crippen LogP contribution in [-0.4, -0.2) is 17.6 Å². The van der Waals surface area contributed by atoms with Gasteiger partial charge in [-0.2, -0.15) is 0 Å². The van der Waals surface area contributed by atoms with Crippen molar-refractivity contribution in [2.45, 2.75) is 25.9 Å². The van der Waals surface area contributed by atoms with E-state index in [-0.39, 0.29) is 0 Å². The molecule has 1 unspecified atom stereocenters. The van der Waals surface area contributed by atoms with Crippen LogP contribution in [0.3, 0.4) is 0 Å². The number of aliphatic hydroxyl groups is 1. The fourth-order valence-electron chi connectivity index (χ4n) is 0.258. The van der Waals surface area contributed by atoms with Crippen molar-refractivity contribution >= 4 is 0 Å². The van der Waals surface area contributed by atoms with Crippen molar-refractivity contribution < 1.29 is 13.9 Å². The smallest absolute Gasteiger partial charge is 0.241 e. The molecule has 0 rings (SSSR count). The summed E-state index contributed by atoms with van der Waals surface area (Å²) in [4.78, 5) is 0. The highest BCUT2D eigenvalue weighted by molar-refractivity contribution is 4.46. The van der Waals surface area contributed by atoms with Crippen molar-refractivity contribution in [2.24, 2.45) is 0 Å². The van der Waals surface area contributed by atoms with Gasteiger partial charge in [0.2, 0.25) is 6.43 Å². The molecule has 1 atom stereocenters. The van der Waals surface area contributed by atoms with Crippen molar-refractivity contribution in [3.8, 4) is 0 Å². The standard InChI is InChI=1S/C4H8F2O/c1-3(7)2-4(5)6/h3-4,7H,2H2,1H3. The average Bonchev–Trinajstić information content (AvgIpc) is 1.27. The first kappa shape index (κ1) is 6.82. The Morgan fingerprint density at radius 3 is 2.00 bits per heavy atom. The first-order valence-corrected chi connectivity index (χ1v) is 2.09. The van der Waals surface area contributed by atoms with Crippen molar-refractivity contribution in [2.75, 3.05) is 0 Å². The largest absolute Gasteiger partial charge is 0.393 e. The van der Waals surface area contributed by atoms with Crippen molar-refractivity contribution in [1.29, 1.82) is 0 Å². The summed E-state index contributed by atoms with van der Waals surface area (Å²) in [5.74, 6) is 0. The number of aliphatic hydroxyl groups excluding tert-OH is 1. The Hall–Kier alpha value is -0.180. The summed E-state index contributed by atoms with van der Waals surface area (Å²) in [6.07, 6.45) is -3.67. The Morgan fingerprint density at radius 2 is 2.00 bits per heavy atom. The topological polar surface area (TPSA) is 20.2 Å². The number of hydrogen-bond donors (Lipinski definition) is 1. The maximum absolute atomic E-state index is 11.1. The van der Waals surface area contributed by atoms with E-state index in [1.807, 2.05) is 0 Å². The van der Waals surface area contributed by atoms with E-state index in [9.17, 15) is 8.78 Å². The Labute approximate surface area is 41.0 Å². The van der Waals surface area contributed by atoms with Gasteiger partial charge in [0.1, 0.15) is 0 Å². The van der Waals surface area contributed by atoms with Gasteiger partial charge in [0, 0.05) is 6.42 Å². The summed E-state index contributed by atoms with van der Waals surface area (Å²) in [6.45, 7) is 1.34. The maximum atomic E-state index is 11.1. The van der Waals surface area contributed by atoms with Crippen molar-refractivity contribution in [3.05, 3.63) is 0 Å². The molecule has 0 aromatic carbocycles.